The number of carbonyl (C=O) groups excluding carboxylic acids is 2. The zero-order valence-electron chi connectivity index (χ0n) is 21.3. The van der Waals surface area contributed by atoms with Gasteiger partial charge in [0.2, 0.25) is 0 Å². The molecule has 2 amide bonds. The minimum absolute atomic E-state index is 0.0377. The number of carbonyl (C=O) groups is 2. The van der Waals surface area contributed by atoms with Gasteiger partial charge in [0.05, 0.1) is 13.7 Å². The van der Waals surface area contributed by atoms with Gasteiger partial charge >= 0.3 is 11.8 Å². The van der Waals surface area contributed by atoms with Crippen molar-refractivity contribution in [2.45, 2.75) is 58.3 Å². The molecule has 0 bridgehead atoms. The van der Waals surface area contributed by atoms with Crippen LogP contribution in [0.25, 0.3) is 0 Å². The second-order valence-corrected chi connectivity index (χ2v) is 10.4. The van der Waals surface area contributed by atoms with Crippen LogP contribution in [0.3, 0.4) is 0 Å². The van der Waals surface area contributed by atoms with Crippen molar-refractivity contribution >= 4 is 23.2 Å². The van der Waals surface area contributed by atoms with Crippen LogP contribution in [-0.2, 0) is 16.0 Å². The van der Waals surface area contributed by atoms with Crippen LogP contribution in [0.4, 0.5) is 5.69 Å². The summed E-state index contributed by atoms with van der Waals surface area (Å²) in [5.74, 6) is 1.91. The van der Waals surface area contributed by atoms with E-state index < -0.39 is 11.8 Å². The average molecular weight is 490 g/mol. The lowest BCUT2D eigenvalue weighted by Crippen LogP contribution is -2.43. The van der Waals surface area contributed by atoms with Crippen molar-refractivity contribution in [1.82, 2.24) is 5.43 Å². The summed E-state index contributed by atoms with van der Waals surface area (Å²) in [4.78, 5) is 24.9. The van der Waals surface area contributed by atoms with E-state index >= 15 is 0 Å². The van der Waals surface area contributed by atoms with Crippen molar-refractivity contribution in [2.75, 3.05) is 19.0 Å². The smallest absolute Gasteiger partial charge is 0.329 e. The first-order valence-electron chi connectivity index (χ1n) is 13.0. The lowest BCUT2D eigenvalue weighted by molar-refractivity contribution is -0.136. The number of fused-ring (bicyclic) bond motifs is 5. The SMILES string of the molecule is CCOc1ccc(NC(=O)C(=O)N/N=C2/CC[C@@H]3[C@H]4CCc5cc(OC)ccc5[C@@H]4CC[C@@]23C)cc1. The normalized spacial score (nSPS) is 27.4. The van der Waals surface area contributed by atoms with Crippen LogP contribution >= 0.6 is 0 Å². The van der Waals surface area contributed by atoms with Crippen LogP contribution in [0, 0.1) is 17.3 Å². The van der Waals surface area contributed by atoms with E-state index in [0.29, 0.717) is 35.8 Å². The van der Waals surface area contributed by atoms with Gasteiger partial charge in [0, 0.05) is 16.8 Å². The third-order valence-corrected chi connectivity index (χ3v) is 8.60. The Balaban J connectivity index is 1.23. The first kappa shape index (κ1) is 24.3. The van der Waals surface area contributed by atoms with E-state index in [4.69, 9.17) is 9.47 Å². The van der Waals surface area contributed by atoms with Gasteiger partial charge in [-0.05, 0) is 111 Å². The quantitative estimate of drug-likeness (QED) is 0.454. The summed E-state index contributed by atoms with van der Waals surface area (Å²) < 4.78 is 10.8. The van der Waals surface area contributed by atoms with E-state index in [1.54, 1.807) is 31.4 Å². The Labute approximate surface area is 212 Å². The number of amides is 2. The molecular weight excluding hydrogens is 454 g/mol. The highest BCUT2D eigenvalue weighted by Gasteiger charge is 2.53. The zero-order chi connectivity index (χ0) is 25.3. The zero-order valence-corrected chi connectivity index (χ0v) is 21.3. The summed E-state index contributed by atoms with van der Waals surface area (Å²) in [6.45, 7) is 4.78. The summed E-state index contributed by atoms with van der Waals surface area (Å²) in [5.41, 5.74) is 6.97. The molecule has 190 valence electrons. The number of hydrogen-bond donors (Lipinski definition) is 2. The topological polar surface area (TPSA) is 89.0 Å². The van der Waals surface area contributed by atoms with Crippen molar-refractivity contribution in [1.29, 1.82) is 0 Å². The standard InChI is InChI=1S/C29H35N3O4/c1-4-36-20-8-6-19(7-9-20)30-27(33)28(34)32-31-26-14-13-25-24-11-5-18-17-21(35-3)10-12-22(18)23(24)15-16-29(25,26)2/h6-10,12,17,23-25H,4-5,11,13-16H2,1-3H3,(H,30,33)(H,32,34)/b31-26-/t23-,24-,25+,29+/m0/s1. The summed E-state index contributed by atoms with van der Waals surface area (Å²) in [6.07, 6.45) is 6.35. The Hall–Kier alpha value is -3.35. The Morgan fingerprint density at radius 2 is 1.81 bits per heavy atom. The highest BCUT2D eigenvalue weighted by atomic mass is 16.5. The molecule has 3 aliphatic rings. The number of aryl methyl sites for hydroxylation is 1. The average Bonchev–Trinajstić information content (AvgIpc) is 3.24. The first-order valence-corrected chi connectivity index (χ1v) is 13.0. The minimum atomic E-state index is -0.752. The summed E-state index contributed by atoms with van der Waals surface area (Å²) >= 11 is 0. The van der Waals surface area contributed by atoms with E-state index in [2.05, 4.69) is 41.0 Å². The monoisotopic (exact) mass is 489 g/mol. The van der Waals surface area contributed by atoms with Gasteiger partial charge in [-0.15, -0.1) is 0 Å². The van der Waals surface area contributed by atoms with Gasteiger partial charge in [-0.25, -0.2) is 5.43 Å². The number of rotatable bonds is 5. The predicted molar refractivity (Wildman–Crippen MR) is 139 cm³/mol. The molecule has 0 heterocycles. The fourth-order valence-corrected chi connectivity index (χ4v) is 6.82. The molecule has 4 atom stereocenters. The number of anilines is 1. The number of methoxy groups -OCH3 is 1. The minimum Gasteiger partial charge on any atom is -0.497 e. The molecule has 0 spiro atoms. The molecule has 2 aromatic carbocycles. The number of hydrazone groups is 1. The van der Waals surface area contributed by atoms with Crippen LogP contribution in [0.5, 0.6) is 11.5 Å². The fraction of sp³-hybridized carbons (Fsp3) is 0.483. The van der Waals surface area contributed by atoms with E-state index in [-0.39, 0.29) is 5.41 Å². The molecule has 2 saturated carbocycles. The molecule has 0 saturated heterocycles. The molecule has 2 fully saturated rings. The first-order chi connectivity index (χ1) is 17.4. The molecule has 0 unspecified atom stereocenters. The van der Waals surface area contributed by atoms with Crippen molar-refractivity contribution in [3.05, 3.63) is 53.6 Å². The maximum absolute atomic E-state index is 12.5. The molecule has 36 heavy (non-hydrogen) atoms. The summed E-state index contributed by atoms with van der Waals surface area (Å²) in [7, 11) is 1.72. The molecular formula is C29H35N3O4. The highest BCUT2D eigenvalue weighted by Crippen LogP contribution is 2.59. The number of nitrogens with zero attached hydrogens (tertiary/aromatic N) is 1. The van der Waals surface area contributed by atoms with Gasteiger partial charge < -0.3 is 14.8 Å². The van der Waals surface area contributed by atoms with Gasteiger partial charge in [-0.1, -0.05) is 13.0 Å². The second-order valence-electron chi connectivity index (χ2n) is 10.4. The Morgan fingerprint density at radius 1 is 1.03 bits per heavy atom. The largest absolute Gasteiger partial charge is 0.497 e. The maximum atomic E-state index is 12.5. The molecule has 7 heteroatoms. The van der Waals surface area contributed by atoms with Crippen molar-refractivity contribution in [3.63, 3.8) is 0 Å². The van der Waals surface area contributed by atoms with E-state index in [0.717, 1.165) is 43.6 Å². The molecule has 0 aliphatic heterocycles. The number of nitrogens with one attached hydrogen (secondary N) is 2. The Kier molecular flexibility index (Phi) is 6.73. The van der Waals surface area contributed by atoms with Gasteiger partial charge in [-0.2, -0.15) is 5.10 Å². The third kappa shape index (κ3) is 4.47. The number of benzene rings is 2. The molecule has 2 aromatic rings. The van der Waals surface area contributed by atoms with Crippen molar-refractivity contribution < 1.29 is 19.1 Å². The van der Waals surface area contributed by atoms with Gasteiger partial charge in [0.25, 0.3) is 0 Å². The highest BCUT2D eigenvalue weighted by molar-refractivity contribution is 6.39. The lowest BCUT2D eigenvalue weighted by Gasteiger charge is -2.49. The van der Waals surface area contributed by atoms with Crippen LogP contribution in [0.2, 0.25) is 0 Å². The van der Waals surface area contributed by atoms with E-state index in [9.17, 15) is 9.59 Å². The maximum Gasteiger partial charge on any atom is 0.329 e. The molecule has 0 radical (unpaired) electrons. The van der Waals surface area contributed by atoms with Crippen LogP contribution < -0.4 is 20.2 Å². The van der Waals surface area contributed by atoms with Crippen LogP contribution in [0.1, 0.15) is 63.0 Å². The van der Waals surface area contributed by atoms with Gasteiger partial charge in [-0.3, -0.25) is 9.59 Å². The van der Waals surface area contributed by atoms with Crippen LogP contribution in [-0.4, -0.2) is 31.2 Å². The van der Waals surface area contributed by atoms with Crippen LogP contribution in [0.15, 0.2) is 47.6 Å². The molecule has 2 N–H and O–H groups in total. The van der Waals surface area contributed by atoms with E-state index in [1.807, 2.05) is 6.92 Å². The lowest BCUT2D eigenvalue weighted by atomic mass is 9.55. The fourth-order valence-electron chi connectivity index (χ4n) is 6.82. The number of ether oxygens (including phenoxy) is 2. The second kappa shape index (κ2) is 9.96. The summed E-state index contributed by atoms with van der Waals surface area (Å²) in [5, 5.41) is 7.13. The third-order valence-electron chi connectivity index (χ3n) is 8.60. The number of hydrogen-bond acceptors (Lipinski definition) is 5. The molecule has 0 aromatic heterocycles. The summed E-state index contributed by atoms with van der Waals surface area (Å²) in [6, 6.07) is 13.5. The van der Waals surface area contributed by atoms with Crippen molar-refractivity contribution in [3.8, 4) is 11.5 Å². The van der Waals surface area contributed by atoms with Crippen molar-refractivity contribution in [2.24, 2.45) is 22.4 Å². The molecule has 7 nitrogen and oxygen atoms in total. The Bertz CT molecular complexity index is 1180. The molecule has 3 aliphatic carbocycles. The molecule has 5 rings (SSSR count). The van der Waals surface area contributed by atoms with Gasteiger partial charge in [0.1, 0.15) is 11.5 Å². The predicted octanol–water partition coefficient (Wildman–Crippen LogP) is 5.06. The van der Waals surface area contributed by atoms with E-state index in [1.165, 1.54) is 17.5 Å². The van der Waals surface area contributed by atoms with Gasteiger partial charge in [0.15, 0.2) is 0 Å². The Morgan fingerprint density at radius 3 is 2.56 bits per heavy atom.